The van der Waals surface area contributed by atoms with E-state index in [1.807, 2.05) is 0 Å². The maximum atomic E-state index is 12.9. The molecule has 1 rings (SSSR count). The first kappa shape index (κ1) is 18.4. The number of amides is 1. The van der Waals surface area contributed by atoms with E-state index in [2.05, 4.69) is 5.32 Å². The number of nitrogens with one attached hydrogen (secondary N) is 1. The van der Waals surface area contributed by atoms with Crippen LogP contribution in [0, 0.1) is 0 Å². The van der Waals surface area contributed by atoms with E-state index in [0.717, 1.165) is 0 Å². The number of methoxy groups -OCH3 is 2. The van der Waals surface area contributed by atoms with Crippen LogP contribution in [0.15, 0.2) is 18.2 Å². The maximum absolute atomic E-state index is 12.9. The lowest BCUT2D eigenvalue weighted by molar-refractivity contribution is 0.0118. The van der Waals surface area contributed by atoms with Gasteiger partial charge in [0.25, 0.3) is 11.8 Å². The third-order valence-corrected chi connectivity index (χ3v) is 2.45. The summed E-state index contributed by atoms with van der Waals surface area (Å²) in [6, 6.07) is 4.39. The zero-order chi connectivity index (χ0) is 14.5. The molecule has 0 saturated carbocycles. The number of rotatable bonds is 6. The molecule has 114 valence electrons. The molecule has 0 aliphatic heterocycles. The molecule has 3 N–H and O–H groups in total. The Hall–Kier alpha value is -1.60. The van der Waals surface area contributed by atoms with Crippen molar-refractivity contribution in [2.24, 2.45) is 5.73 Å². The van der Waals surface area contributed by atoms with Crippen LogP contribution < -0.4 is 20.5 Å². The van der Waals surface area contributed by atoms with E-state index >= 15 is 0 Å². The number of halogens is 3. The van der Waals surface area contributed by atoms with Gasteiger partial charge in [0.05, 0.1) is 27.3 Å². The van der Waals surface area contributed by atoms with E-state index in [1.165, 1.54) is 32.4 Å². The normalized spacial score (nSPS) is 10.4. The Bertz CT molecular complexity index is 458. The van der Waals surface area contributed by atoms with Crippen molar-refractivity contribution in [1.29, 1.82) is 0 Å². The summed E-state index contributed by atoms with van der Waals surface area (Å²) < 4.78 is 35.8. The Kier molecular flexibility index (Phi) is 7.23. The van der Waals surface area contributed by atoms with Crippen LogP contribution in [-0.2, 0) is 0 Å². The van der Waals surface area contributed by atoms with Crippen LogP contribution in [0.2, 0.25) is 0 Å². The summed E-state index contributed by atoms with van der Waals surface area (Å²) in [5, 5.41) is 2.11. The van der Waals surface area contributed by atoms with E-state index in [-0.39, 0.29) is 18.0 Å². The van der Waals surface area contributed by atoms with Gasteiger partial charge in [0.15, 0.2) is 11.5 Å². The molecule has 1 aromatic rings. The molecule has 0 aromatic heterocycles. The van der Waals surface area contributed by atoms with Gasteiger partial charge >= 0.3 is 0 Å². The molecule has 0 radical (unpaired) electrons. The average molecular weight is 311 g/mol. The lowest BCUT2D eigenvalue weighted by atomic mass is 10.2. The highest BCUT2D eigenvalue weighted by molar-refractivity contribution is 5.94. The summed E-state index contributed by atoms with van der Waals surface area (Å²) in [7, 11) is 2.88. The van der Waals surface area contributed by atoms with Gasteiger partial charge in [-0.15, -0.1) is 12.4 Å². The molecule has 0 fully saturated rings. The number of hydrogen-bond acceptors (Lipinski definition) is 4. The molecule has 0 unspecified atom stereocenters. The number of benzene rings is 1. The average Bonchev–Trinajstić information content (AvgIpc) is 2.44. The minimum atomic E-state index is -3.12. The van der Waals surface area contributed by atoms with Crippen LogP contribution >= 0.6 is 12.4 Å². The highest BCUT2D eigenvalue weighted by Gasteiger charge is 2.27. The Morgan fingerprint density at radius 3 is 2.40 bits per heavy atom. The summed E-state index contributed by atoms with van der Waals surface area (Å²) in [5.41, 5.74) is 5.08. The molecule has 1 amide bonds. The molecule has 0 aliphatic rings. The molecule has 0 saturated heterocycles. The van der Waals surface area contributed by atoms with Gasteiger partial charge in [-0.1, -0.05) is 0 Å². The Labute approximate surface area is 121 Å². The predicted molar refractivity (Wildman–Crippen MR) is 73.1 cm³/mol. The number of nitrogens with two attached hydrogens (primary N) is 1. The van der Waals surface area contributed by atoms with Gasteiger partial charge in [0.1, 0.15) is 0 Å². The molecule has 1 aromatic carbocycles. The van der Waals surface area contributed by atoms with Crippen molar-refractivity contribution in [2.75, 3.05) is 27.3 Å². The Balaban J connectivity index is 0.00000361. The molecule has 8 heteroatoms. The van der Waals surface area contributed by atoms with Gasteiger partial charge in [0, 0.05) is 5.56 Å². The van der Waals surface area contributed by atoms with E-state index in [0.29, 0.717) is 11.5 Å². The molecule has 0 aliphatic carbocycles. The molecular formula is C12H17ClF2N2O3. The van der Waals surface area contributed by atoms with Gasteiger partial charge < -0.3 is 20.5 Å². The van der Waals surface area contributed by atoms with Crippen molar-refractivity contribution < 1.29 is 23.0 Å². The van der Waals surface area contributed by atoms with E-state index < -0.39 is 24.9 Å². The van der Waals surface area contributed by atoms with Crippen LogP contribution in [0.4, 0.5) is 8.78 Å². The second-order valence-corrected chi connectivity index (χ2v) is 3.81. The van der Waals surface area contributed by atoms with Crippen LogP contribution in [0.1, 0.15) is 10.4 Å². The number of alkyl halides is 2. The zero-order valence-corrected chi connectivity index (χ0v) is 11.9. The third-order valence-electron chi connectivity index (χ3n) is 2.45. The quantitative estimate of drug-likeness (QED) is 0.834. The van der Waals surface area contributed by atoms with Gasteiger partial charge in [-0.2, -0.15) is 0 Å². The molecule has 0 atom stereocenters. The summed E-state index contributed by atoms with van der Waals surface area (Å²) in [6.07, 6.45) is 0. The molecule has 0 bridgehead atoms. The Morgan fingerprint density at radius 2 is 1.90 bits per heavy atom. The number of carbonyl (C=O) groups is 1. The van der Waals surface area contributed by atoms with Crippen LogP contribution in [0.5, 0.6) is 11.5 Å². The number of hydrogen-bond donors (Lipinski definition) is 2. The third kappa shape index (κ3) is 4.82. The maximum Gasteiger partial charge on any atom is 0.277 e. The lowest BCUT2D eigenvalue weighted by Gasteiger charge is -2.15. The van der Waals surface area contributed by atoms with Crippen molar-refractivity contribution >= 4 is 18.3 Å². The summed E-state index contributed by atoms with van der Waals surface area (Å²) in [6.45, 7) is -1.63. The fourth-order valence-electron chi connectivity index (χ4n) is 1.36. The smallest absolute Gasteiger partial charge is 0.277 e. The zero-order valence-electron chi connectivity index (χ0n) is 11.1. The first-order valence-electron chi connectivity index (χ1n) is 5.51. The largest absolute Gasteiger partial charge is 0.493 e. The summed E-state index contributed by atoms with van der Waals surface area (Å²) >= 11 is 0. The second kappa shape index (κ2) is 7.86. The monoisotopic (exact) mass is 310 g/mol. The topological polar surface area (TPSA) is 73.6 Å². The molecule has 5 nitrogen and oxygen atoms in total. The van der Waals surface area contributed by atoms with Crippen molar-refractivity contribution in [3.63, 3.8) is 0 Å². The van der Waals surface area contributed by atoms with Gasteiger partial charge in [-0.25, -0.2) is 8.78 Å². The first-order chi connectivity index (χ1) is 8.93. The summed E-state index contributed by atoms with van der Waals surface area (Å²) in [4.78, 5) is 11.7. The second-order valence-electron chi connectivity index (χ2n) is 3.81. The van der Waals surface area contributed by atoms with Crippen LogP contribution in [-0.4, -0.2) is 39.1 Å². The van der Waals surface area contributed by atoms with Crippen molar-refractivity contribution in [1.82, 2.24) is 5.32 Å². The molecule has 0 spiro atoms. The SMILES string of the molecule is COc1ccc(C(=O)NCC(F)(F)CN)cc1OC.Cl. The van der Waals surface area contributed by atoms with E-state index in [9.17, 15) is 13.6 Å². The predicted octanol–water partition coefficient (Wildman–Crippen LogP) is 1.45. The minimum absolute atomic E-state index is 0. The van der Waals surface area contributed by atoms with Crippen LogP contribution in [0.25, 0.3) is 0 Å². The number of ether oxygens (including phenoxy) is 2. The van der Waals surface area contributed by atoms with E-state index in [1.54, 1.807) is 0 Å². The minimum Gasteiger partial charge on any atom is -0.493 e. The van der Waals surface area contributed by atoms with Crippen LogP contribution in [0.3, 0.4) is 0 Å². The van der Waals surface area contributed by atoms with Gasteiger partial charge in [-0.3, -0.25) is 4.79 Å². The fourth-order valence-corrected chi connectivity index (χ4v) is 1.36. The summed E-state index contributed by atoms with van der Waals surface area (Å²) in [5.74, 6) is -2.95. The van der Waals surface area contributed by atoms with Crippen molar-refractivity contribution in [3.05, 3.63) is 23.8 Å². The standard InChI is InChI=1S/C12H16F2N2O3.ClH/c1-18-9-4-3-8(5-10(9)19-2)11(17)16-7-12(13,14)6-15;/h3-5H,6-7,15H2,1-2H3,(H,16,17);1H. The van der Waals surface area contributed by atoms with Gasteiger partial charge in [0.2, 0.25) is 0 Å². The molecule has 0 heterocycles. The van der Waals surface area contributed by atoms with Crippen molar-refractivity contribution in [3.8, 4) is 11.5 Å². The van der Waals surface area contributed by atoms with Crippen molar-refractivity contribution in [2.45, 2.75) is 5.92 Å². The Morgan fingerprint density at radius 1 is 1.30 bits per heavy atom. The first-order valence-corrected chi connectivity index (χ1v) is 5.51. The lowest BCUT2D eigenvalue weighted by Crippen LogP contribution is -2.41. The molecular weight excluding hydrogens is 294 g/mol. The highest BCUT2D eigenvalue weighted by Crippen LogP contribution is 2.27. The number of carbonyl (C=O) groups excluding carboxylic acids is 1. The van der Waals surface area contributed by atoms with Gasteiger partial charge in [-0.05, 0) is 18.2 Å². The highest BCUT2D eigenvalue weighted by atomic mass is 35.5. The molecule has 20 heavy (non-hydrogen) atoms. The fraction of sp³-hybridized carbons (Fsp3) is 0.417. The van der Waals surface area contributed by atoms with E-state index in [4.69, 9.17) is 15.2 Å².